The fourth-order valence-electron chi connectivity index (χ4n) is 3.85. The smallest absolute Gasteiger partial charge is 0.405 e. The molecule has 2 N–H and O–H groups in total. The fourth-order valence-corrected chi connectivity index (χ4v) is 3.85. The summed E-state index contributed by atoms with van der Waals surface area (Å²) in [5, 5.41) is 0. The lowest BCUT2D eigenvalue weighted by molar-refractivity contribution is 0.0648. The quantitative estimate of drug-likeness (QED) is 0.366. The van der Waals surface area contributed by atoms with E-state index in [9.17, 15) is 14.4 Å². The number of fused-ring (bicyclic) bond motifs is 1. The van der Waals surface area contributed by atoms with Crippen LogP contribution in [-0.4, -0.2) is 29.4 Å². The van der Waals surface area contributed by atoms with E-state index in [2.05, 4.69) is 0 Å². The molecule has 3 amide bonds. The van der Waals surface area contributed by atoms with Gasteiger partial charge in [-0.15, -0.1) is 0 Å². The van der Waals surface area contributed by atoms with Crippen LogP contribution in [0.25, 0.3) is 0 Å². The van der Waals surface area contributed by atoms with Crippen molar-refractivity contribution in [3.63, 3.8) is 0 Å². The van der Waals surface area contributed by atoms with E-state index in [-0.39, 0.29) is 11.8 Å². The average molecular weight is 444 g/mol. The summed E-state index contributed by atoms with van der Waals surface area (Å²) in [7, 11) is 0. The molecule has 3 aromatic rings. The Morgan fingerprint density at radius 1 is 0.788 bits per heavy atom. The lowest BCUT2D eigenvalue weighted by atomic mass is 10.0. The topological polar surface area (TPSA) is 98.9 Å². The molecule has 0 spiro atoms. The Morgan fingerprint density at radius 2 is 1.36 bits per heavy atom. The van der Waals surface area contributed by atoms with Gasteiger partial charge in [0.15, 0.2) is 0 Å². The lowest BCUT2D eigenvalue weighted by Gasteiger charge is -2.19. The third kappa shape index (κ3) is 5.20. The number of ether oxygens (including phenoxy) is 2. The van der Waals surface area contributed by atoms with Crippen LogP contribution >= 0.6 is 0 Å². The first-order chi connectivity index (χ1) is 16.0. The minimum Gasteiger partial charge on any atom is -0.457 e. The molecule has 1 atom stereocenters. The number of carbonyl (C=O) groups excluding carboxylic acids is 3. The number of rotatable bonds is 9. The second-order valence-corrected chi connectivity index (χ2v) is 7.71. The Balaban J connectivity index is 1.33. The molecule has 0 unspecified atom stereocenters. The van der Waals surface area contributed by atoms with Crippen molar-refractivity contribution in [3.05, 3.63) is 95.6 Å². The van der Waals surface area contributed by atoms with Crippen LogP contribution in [0.5, 0.6) is 11.5 Å². The molecule has 0 aromatic heterocycles. The number of carbonyl (C=O) groups is 3. The van der Waals surface area contributed by atoms with Crippen molar-refractivity contribution in [2.24, 2.45) is 5.73 Å². The van der Waals surface area contributed by atoms with E-state index in [1.165, 1.54) is 4.90 Å². The van der Waals surface area contributed by atoms with Crippen LogP contribution in [0.1, 0.15) is 51.6 Å². The van der Waals surface area contributed by atoms with E-state index in [1.807, 2.05) is 42.5 Å². The van der Waals surface area contributed by atoms with Crippen LogP contribution < -0.4 is 10.5 Å². The lowest BCUT2D eigenvalue weighted by Crippen LogP contribution is -2.30. The van der Waals surface area contributed by atoms with Gasteiger partial charge in [0.2, 0.25) is 0 Å². The largest absolute Gasteiger partial charge is 0.457 e. The number of para-hydroxylation sites is 1. The van der Waals surface area contributed by atoms with Gasteiger partial charge in [-0.2, -0.15) is 0 Å². The van der Waals surface area contributed by atoms with E-state index < -0.39 is 12.2 Å². The molecule has 0 aliphatic carbocycles. The predicted octanol–water partition coefficient (Wildman–Crippen LogP) is 5.08. The van der Waals surface area contributed by atoms with Gasteiger partial charge in [0, 0.05) is 6.54 Å². The monoisotopic (exact) mass is 444 g/mol. The molecule has 7 heteroatoms. The highest BCUT2D eigenvalue weighted by molar-refractivity contribution is 6.21. The van der Waals surface area contributed by atoms with Gasteiger partial charge in [-0.3, -0.25) is 14.5 Å². The number of nitrogens with zero attached hydrogens (tertiary/aromatic N) is 1. The zero-order chi connectivity index (χ0) is 23.2. The van der Waals surface area contributed by atoms with Crippen molar-refractivity contribution in [2.75, 3.05) is 6.54 Å². The van der Waals surface area contributed by atoms with Crippen molar-refractivity contribution in [1.29, 1.82) is 0 Å². The summed E-state index contributed by atoms with van der Waals surface area (Å²) in [6, 6.07) is 23.5. The van der Waals surface area contributed by atoms with E-state index >= 15 is 0 Å². The van der Waals surface area contributed by atoms with Crippen molar-refractivity contribution >= 4 is 17.9 Å². The summed E-state index contributed by atoms with van der Waals surface area (Å²) in [4.78, 5) is 37.6. The van der Waals surface area contributed by atoms with Crippen LogP contribution in [0.4, 0.5) is 4.79 Å². The molecule has 0 bridgehead atoms. The minimum atomic E-state index is -0.857. The van der Waals surface area contributed by atoms with Crippen molar-refractivity contribution in [2.45, 2.75) is 25.4 Å². The molecule has 0 radical (unpaired) electrons. The zero-order valence-electron chi connectivity index (χ0n) is 18.0. The van der Waals surface area contributed by atoms with Crippen LogP contribution in [0, 0.1) is 0 Å². The summed E-state index contributed by atoms with van der Waals surface area (Å²) in [6.07, 6.45) is 0.332. The van der Waals surface area contributed by atoms with Crippen LogP contribution in [-0.2, 0) is 4.74 Å². The molecule has 1 aliphatic rings. The highest BCUT2D eigenvalue weighted by Crippen LogP contribution is 2.28. The molecule has 4 rings (SSSR count). The first-order valence-corrected chi connectivity index (χ1v) is 10.8. The first-order valence-electron chi connectivity index (χ1n) is 10.8. The summed E-state index contributed by atoms with van der Waals surface area (Å²) >= 11 is 0. The van der Waals surface area contributed by atoms with Crippen molar-refractivity contribution < 1.29 is 23.9 Å². The van der Waals surface area contributed by atoms with Crippen LogP contribution in [0.3, 0.4) is 0 Å². The average Bonchev–Trinajstić information content (AvgIpc) is 3.07. The molecular formula is C26H24N2O5. The van der Waals surface area contributed by atoms with E-state index in [0.717, 1.165) is 11.3 Å². The predicted molar refractivity (Wildman–Crippen MR) is 122 cm³/mol. The number of amides is 3. The summed E-state index contributed by atoms with van der Waals surface area (Å²) in [5.74, 6) is 0.848. The molecule has 7 nitrogen and oxygen atoms in total. The first kappa shape index (κ1) is 22.1. The van der Waals surface area contributed by atoms with Crippen LogP contribution in [0.15, 0.2) is 78.9 Å². The normalized spacial score (nSPS) is 13.5. The number of primary amides is 1. The van der Waals surface area contributed by atoms with E-state index in [4.69, 9.17) is 15.2 Å². The molecule has 1 aliphatic heterocycles. The Labute approximate surface area is 191 Å². The standard InChI is InChI=1S/C26H24N2O5/c27-26(31)33-23(18-13-15-20(16-14-18)32-19-8-2-1-3-9-19)12-6-7-17-28-24(29)21-10-4-5-11-22(21)25(28)30/h1-5,8-11,13-16,23H,6-7,12,17H2,(H2,27,31)/t23-/m0/s1. The highest BCUT2D eigenvalue weighted by atomic mass is 16.6. The Morgan fingerprint density at radius 3 is 1.97 bits per heavy atom. The Hall–Kier alpha value is -4.13. The second-order valence-electron chi connectivity index (χ2n) is 7.71. The number of imide groups is 1. The second kappa shape index (κ2) is 9.99. The third-order valence-corrected chi connectivity index (χ3v) is 5.47. The molecular weight excluding hydrogens is 420 g/mol. The SMILES string of the molecule is NC(=O)O[C@@H](CCCCN1C(=O)c2ccccc2C1=O)c1ccc(Oc2ccccc2)cc1. The molecule has 3 aromatic carbocycles. The van der Waals surface area contributed by atoms with Crippen LogP contribution in [0.2, 0.25) is 0 Å². The number of unbranched alkanes of at least 4 members (excludes halogenated alkanes) is 1. The Kier molecular flexibility index (Phi) is 6.69. The van der Waals surface area contributed by atoms with E-state index in [0.29, 0.717) is 42.7 Å². The molecule has 0 saturated carbocycles. The molecule has 0 saturated heterocycles. The molecule has 33 heavy (non-hydrogen) atoms. The van der Waals surface area contributed by atoms with Gasteiger partial charge in [-0.1, -0.05) is 42.5 Å². The maximum Gasteiger partial charge on any atom is 0.405 e. The number of hydrogen-bond acceptors (Lipinski definition) is 5. The number of nitrogens with two attached hydrogens (primary N) is 1. The van der Waals surface area contributed by atoms with Crippen molar-refractivity contribution in [3.8, 4) is 11.5 Å². The molecule has 1 heterocycles. The fraction of sp³-hybridized carbons (Fsp3) is 0.192. The number of hydrogen-bond donors (Lipinski definition) is 1. The van der Waals surface area contributed by atoms with Gasteiger partial charge in [0.05, 0.1) is 11.1 Å². The summed E-state index contributed by atoms with van der Waals surface area (Å²) < 4.78 is 11.1. The molecule has 168 valence electrons. The minimum absolute atomic E-state index is 0.269. The van der Waals surface area contributed by atoms with Gasteiger partial charge < -0.3 is 15.2 Å². The summed E-state index contributed by atoms with van der Waals surface area (Å²) in [5.41, 5.74) is 6.94. The zero-order valence-corrected chi connectivity index (χ0v) is 18.0. The molecule has 0 fully saturated rings. The van der Waals surface area contributed by atoms with Gasteiger partial charge >= 0.3 is 6.09 Å². The van der Waals surface area contributed by atoms with Gasteiger partial charge in [0.1, 0.15) is 17.6 Å². The maximum atomic E-state index is 12.5. The van der Waals surface area contributed by atoms with Gasteiger partial charge in [0.25, 0.3) is 11.8 Å². The third-order valence-electron chi connectivity index (χ3n) is 5.47. The van der Waals surface area contributed by atoms with Gasteiger partial charge in [-0.25, -0.2) is 4.79 Å². The highest BCUT2D eigenvalue weighted by Gasteiger charge is 2.34. The Bertz CT molecular complexity index is 1110. The number of benzene rings is 3. The van der Waals surface area contributed by atoms with Gasteiger partial charge in [-0.05, 0) is 61.2 Å². The van der Waals surface area contributed by atoms with E-state index in [1.54, 1.807) is 36.4 Å². The summed E-state index contributed by atoms with van der Waals surface area (Å²) in [6.45, 7) is 0.305. The van der Waals surface area contributed by atoms with Crippen molar-refractivity contribution in [1.82, 2.24) is 4.90 Å². The maximum absolute atomic E-state index is 12.5.